The van der Waals surface area contributed by atoms with Gasteiger partial charge in [-0.2, -0.15) is 0 Å². The molecular weight excluding hydrogens is 368 g/mol. The van der Waals surface area contributed by atoms with E-state index in [2.05, 4.69) is 17.4 Å². The molecule has 2 aliphatic rings. The Morgan fingerprint density at radius 2 is 1.92 bits per heavy atom. The highest BCUT2D eigenvalue weighted by molar-refractivity contribution is 8.26. The molecule has 0 saturated carbocycles. The fourth-order valence-corrected chi connectivity index (χ4v) is 4.07. The van der Waals surface area contributed by atoms with Crippen LogP contribution in [0.25, 0.3) is 6.08 Å². The number of carbonyl (C=O) groups excluding carboxylic acids is 2. The van der Waals surface area contributed by atoms with Crippen LogP contribution in [-0.4, -0.2) is 70.7 Å². The zero-order valence-corrected chi connectivity index (χ0v) is 16.3. The third-order valence-electron chi connectivity index (χ3n) is 4.32. The van der Waals surface area contributed by atoms with E-state index in [1.54, 1.807) is 0 Å². The first-order valence-corrected chi connectivity index (χ1v) is 9.79. The van der Waals surface area contributed by atoms with Crippen molar-refractivity contribution >= 4 is 46.2 Å². The number of hydrogen-bond acceptors (Lipinski definition) is 6. The molecule has 1 aromatic carbocycles. The zero-order valence-electron chi connectivity index (χ0n) is 14.7. The molecule has 1 N–H and O–H groups in total. The number of thiocarbonyl (C=S) groups is 1. The predicted octanol–water partition coefficient (Wildman–Crippen LogP) is 1.56. The molecule has 2 amide bonds. The maximum Gasteiger partial charge on any atom is 0.266 e. The van der Waals surface area contributed by atoms with E-state index in [4.69, 9.17) is 12.2 Å². The van der Waals surface area contributed by atoms with E-state index in [0.717, 1.165) is 31.7 Å². The molecule has 2 fully saturated rings. The zero-order chi connectivity index (χ0) is 18.5. The van der Waals surface area contributed by atoms with Gasteiger partial charge in [-0.05, 0) is 18.7 Å². The molecule has 0 radical (unpaired) electrons. The third-order valence-corrected chi connectivity index (χ3v) is 5.70. The minimum Gasteiger partial charge on any atom is -0.304 e. The summed E-state index contributed by atoms with van der Waals surface area (Å²) in [6.07, 6.45) is 2.07. The first-order valence-electron chi connectivity index (χ1n) is 8.56. The van der Waals surface area contributed by atoms with Crippen LogP contribution in [0.15, 0.2) is 35.2 Å². The first kappa shape index (κ1) is 19.0. The number of benzene rings is 1. The van der Waals surface area contributed by atoms with Crippen molar-refractivity contribution in [2.24, 2.45) is 0 Å². The van der Waals surface area contributed by atoms with E-state index >= 15 is 0 Å². The smallest absolute Gasteiger partial charge is 0.266 e. The van der Waals surface area contributed by atoms with Gasteiger partial charge in [0.05, 0.1) is 4.91 Å². The molecule has 0 aromatic heterocycles. The lowest BCUT2D eigenvalue weighted by molar-refractivity contribution is -0.127. The summed E-state index contributed by atoms with van der Waals surface area (Å²) in [5.41, 5.74) is 3.87. The minimum atomic E-state index is -0.128. The number of hydrazine groups is 1. The standard InChI is InChI=1S/C18H22N4O2S2/c1-20-9-11-21(12-10-20)19-16(23)7-8-22-17(24)15(26-18(22)25)13-14-5-3-2-4-6-14/h2-6,13H,7-12H2,1H3,(H,19,23)/b15-13-. The predicted molar refractivity (Wildman–Crippen MR) is 108 cm³/mol. The quantitative estimate of drug-likeness (QED) is 0.608. The fraction of sp³-hybridized carbons (Fsp3) is 0.389. The second-order valence-electron chi connectivity index (χ2n) is 6.32. The van der Waals surface area contributed by atoms with Crippen LogP contribution in [0.5, 0.6) is 0 Å². The monoisotopic (exact) mass is 390 g/mol. The van der Waals surface area contributed by atoms with Gasteiger partial charge in [0.2, 0.25) is 5.91 Å². The molecule has 0 aliphatic carbocycles. The van der Waals surface area contributed by atoms with Gasteiger partial charge in [0, 0.05) is 39.1 Å². The van der Waals surface area contributed by atoms with Crippen LogP contribution in [0.1, 0.15) is 12.0 Å². The van der Waals surface area contributed by atoms with Crippen LogP contribution in [0.2, 0.25) is 0 Å². The Bertz CT molecular complexity index is 715. The lowest BCUT2D eigenvalue weighted by Gasteiger charge is -2.32. The number of thioether (sulfide) groups is 1. The first-order chi connectivity index (χ1) is 12.5. The molecule has 3 rings (SSSR count). The molecule has 2 saturated heterocycles. The second kappa shape index (κ2) is 8.77. The second-order valence-corrected chi connectivity index (χ2v) is 8.00. The molecule has 138 valence electrons. The number of likely N-dealkylation sites (N-methyl/N-ethyl adjacent to an activating group) is 1. The Hall–Kier alpha value is -1.74. The van der Waals surface area contributed by atoms with Crippen LogP contribution in [0, 0.1) is 0 Å². The maximum atomic E-state index is 12.6. The van der Waals surface area contributed by atoms with Gasteiger partial charge in [-0.1, -0.05) is 54.3 Å². The lowest BCUT2D eigenvalue weighted by atomic mass is 10.2. The Balaban J connectivity index is 1.52. The molecule has 6 nitrogen and oxygen atoms in total. The molecule has 8 heteroatoms. The van der Waals surface area contributed by atoms with Crippen LogP contribution in [-0.2, 0) is 9.59 Å². The average molecular weight is 391 g/mol. The number of hydrogen-bond donors (Lipinski definition) is 1. The molecule has 0 unspecified atom stereocenters. The van der Waals surface area contributed by atoms with Crippen LogP contribution in [0.4, 0.5) is 0 Å². The van der Waals surface area contributed by atoms with Crippen LogP contribution >= 0.6 is 24.0 Å². The molecule has 0 atom stereocenters. The van der Waals surface area contributed by atoms with E-state index in [1.165, 1.54) is 16.7 Å². The van der Waals surface area contributed by atoms with Crippen molar-refractivity contribution in [1.29, 1.82) is 0 Å². The summed E-state index contributed by atoms with van der Waals surface area (Å²) < 4.78 is 0.504. The van der Waals surface area contributed by atoms with E-state index in [-0.39, 0.29) is 18.2 Å². The fourth-order valence-electron chi connectivity index (χ4n) is 2.76. The van der Waals surface area contributed by atoms with Crippen molar-refractivity contribution in [3.63, 3.8) is 0 Å². The number of carbonyl (C=O) groups is 2. The Morgan fingerprint density at radius 3 is 2.62 bits per heavy atom. The van der Waals surface area contributed by atoms with E-state index < -0.39 is 0 Å². The number of nitrogens with one attached hydrogen (secondary N) is 1. The third kappa shape index (κ3) is 4.91. The number of amides is 2. The van der Waals surface area contributed by atoms with Crippen molar-refractivity contribution in [2.45, 2.75) is 6.42 Å². The summed E-state index contributed by atoms with van der Waals surface area (Å²) in [5.74, 6) is -0.216. The molecule has 26 heavy (non-hydrogen) atoms. The Kier molecular flexibility index (Phi) is 6.42. The SMILES string of the molecule is CN1CCN(NC(=O)CCN2C(=O)/C(=C/c3ccccc3)SC2=S)CC1. The maximum absolute atomic E-state index is 12.6. The number of rotatable bonds is 5. The molecule has 2 heterocycles. The lowest BCUT2D eigenvalue weighted by Crippen LogP contribution is -2.52. The van der Waals surface area contributed by atoms with Gasteiger partial charge >= 0.3 is 0 Å². The average Bonchev–Trinajstić information content (AvgIpc) is 2.89. The largest absolute Gasteiger partial charge is 0.304 e. The van der Waals surface area contributed by atoms with Gasteiger partial charge in [-0.25, -0.2) is 5.01 Å². The van der Waals surface area contributed by atoms with Gasteiger partial charge in [0.25, 0.3) is 5.91 Å². The summed E-state index contributed by atoms with van der Waals surface area (Å²) in [5, 5.41) is 1.93. The number of nitrogens with zero attached hydrogens (tertiary/aromatic N) is 3. The van der Waals surface area contributed by atoms with Gasteiger partial charge in [0.1, 0.15) is 4.32 Å². The normalized spacial score (nSPS) is 20.8. The van der Waals surface area contributed by atoms with Crippen molar-refractivity contribution in [1.82, 2.24) is 20.2 Å². The molecule has 1 aromatic rings. The molecule has 0 spiro atoms. The van der Waals surface area contributed by atoms with E-state index in [1.807, 2.05) is 41.4 Å². The summed E-state index contributed by atoms with van der Waals surface area (Å²) in [6.45, 7) is 3.78. The highest BCUT2D eigenvalue weighted by Gasteiger charge is 2.32. The summed E-state index contributed by atoms with van der Waals surface area (Å²) in [6, 6.07) is 9.66. The Morgan fingerprint density at radius 1 is 1.23 bits per heavy atom. The minimum absolute atomic E-state index is 0.0874. The molecule has 2 aliphatic heterocycles. The van der Waals surface area contributed by atoms with Gasteiger partial charge in [0.15, 0.2) is 0 Å². The highest BCUT2D eigenvalue weighted by atomic mass is 32.2. The Labute approximate surface area is 163 Å². The molecular formula is C18H22N4O2S2. The van der Waals surface area contributed by atoms with Crippen molar-refractivity contribution in [2.75, 3.05) is 39.8 Å². The molecule has 0 bridgehead atoms. The number of piperazine rings is 1. The highest BCUT2D eigenvalue weighted by Crippen LogP contribution is 2.32. The van der Waals surface area contributed by atoms with E-state index in [0.29, 0.717) is 15.8 Å². The van der Waals surface area contributed by atoms with Crippen LogP contribution < -0.4 is 5.43 Å². The van der Waals surface area contributed by atoms with Gasteiger partial charge in [-0.3, -0.25) is 19.9 Å². The van der Waals surface area contributed by atoms with Gasteiger partial charge in [-0.15, -0.1) is 0 Å². The summed E-state index contributed by atoms with van der Waals surface area (Å²) in [7, 11) is 2.07. The topological polar surface area (TPSA) is 55.9 Å². The summed E-state index contributed by atoms with van der Waals surface area (Å²) >= 11 is 6.60. The van der Waals surface area contributed by atoms with E-state index in [9.17, 15) is 9.59 Å². The van der Waals surface area contributed by atoms with Crippen molar-refractivity contribution < 1.29 is 9.59 Å². The van der Waals surface area contributed by atoms with Crippen LogP contribution in [0.3, 0.4) is 0 Å². The van der Waals surface area contributed by atoms with Crippen molar-refractivity contribution in [3.8, 4) is 0 Å². The van der Waals surface area contributed by atoms with Gasteiger partial charge < -0.3 is 4.90 Å². The summed E-state index contributed by atoms with van der Waals surface area (Å²) in [4.78, 5) is 29.1. The van der Waals surface area contributed by atoms with Crippen molar-refractivity contribution in [3.05, 3.63) is 40.8 Å².